The lowest BCUT2D eigenvalue weighted by Crippen LogP contribution is -2.46. The summed E-state index contributed by atoms with van der Waals surface area (Å²) in [6.07, 6.45) is 0.787. The number of benzene rings is 1. The van der Waals surface area contributed by atoms with Gasteiger partial charge in [0.1, 0.15) is 11.8 Å². The molecule has 2 heterocycles. The standard InChI is InChI=1S/C20H27N3O2S/c1-15-14-17(16(2)26-15)18(21-24)8-9-22-10-12-23(13-11-22)19-6-4-5-7-20(19)25-3/h4-7,14,18H,8-13H2,1-3H3. The van der Waals surface area contributed by atoms with Crippen molar-refractivity contribution in [2.24, 2.45) is 5.18 Å². The second-order valence-electron chi connectivity index (χ2n) is 6.78. The predicted molar refractivity (Wildman–Crippen MR) is 109 cm³/mol. The van der Waals surface area contributed by atoms with Crippen LogP contribution >= 0.6 is 11.3 Å². The van der Waals surface area contributed by atoms with Crippen molar-refractivity contribution < 1.29 is 4.74 Å². The molecule has 26 heavy (non-hydrogen) atoms. The lowest BCUT2D eigenvalue weighted by molar-refractivity contribution is 0.248. The molecule has 0 N–H and O–H groups in total. The normalized spacial score (nSPS) is 16.5. The molecular weight excluding hydrogens is 346 g/mol. The minimum Gasteiger partial charge on any atom is -0.495 e. The van der Waals surface area contributed by atoms with Crippen LogP contribution in [-0.2, 0) is 0 Å². The molecule has 1 atom stereocenters. The third-order valence-corrected chi connectivity index (χ3v) is 6.06. The molecule has 1 fully saturated rings. The second kappa shape index (κ2) is 8.64. The van der Waals surface area contributed by atoms with Gasteiger partial charge in [-0.25, -0.2) is 0 Å². The largest absolute Gasteiger partial charge is 0.495 e. The van der Waals surface area contributed by atoms with Crippen molar-refractivity contribution in [2.75, 3.05) is 44.7 Å². The fourth-order valence-electron chi connectivity index (χ4n) is 3.65. The molecule has 0 amide bonds. The molecule has 0 spiro atoms. The summed E-state index contributed by atoms with van der Waals surface area (Å²) in [5.41, 5.74) is 2.27. The fraction of sp³-hybridized carbons (Fsp3) is 0.500. The number of ether oxygens (including phenoxy) is 1. The highest BCUT2D eigenvalue weighted by Crippen LogP contribution is 2.31. The van der Waals surface area contributed by atoms with Crippen molar-refractivity contribution in [1.29, 1.82) is 0 Å². The van der Waals surface area contributed by atoms with E-state index in [0.717, 1.165) is 56.1 Å². The van der Waals surface area contributed by atoms with Crippen LogP contribution in [0.3, 0.4) is 0 Å². The van der Waals surface area contributed by atoms with Gasteiger partial charge in [-0.05, 0) is 44.0 Å². The van der Waals surface area contributed by atoms with E-state index >= 15 is 0 Å². The predicted octanol–water partition coefficient (Wildman–Crippen LogP) is 4.39. The molecule has 1 aromatic carbocycles. The van der Waals surface area contributed by atoms with Crippen molar-refractivity contribution in [3.8, 4) is 5.75 Å². The highest BCUT2D eigenvalue weighted by Gasteiger charge is 2.22. The molecule has 3 rings (SSSR count). The number of nitrogens with zero attached hydrogens (tertiary/aromatic N) is 3. The van der Waals surface area contributed by atoms with Gasteiger partial charge in [-0.3, -0.25) is 4.90 Å². The van der Waals surface area contributed by atoms with Gasteiger partial charge in [-0.1, -0.05) is 17.3 Å². The minimum absolute atomic E-state index is 0.229. The van der Waals surface area contributed by atoms with Gasteiger partial charge in [0.25, 0.3) is 0 Å². The Balaban J connectivity index is 1.54. The van der Waals surface area contributed by atoms with Crippen molar-refractivity contribution in [2.45, 2.75) is 26.3 Å². The highest BCUT2D eigenvalue weighted by atomic mass is 32.1. The van der Waals surface area contributed by atoms with Crippen LogP contribution in [0.15, 0.2) is 35.5 Å². The number of rotatable bonds is 7. The van der Waals surface area contributed by atoms with E-state index in [1.165, 1.54) is 9.75 Å². The van der Waals surface area contributed by atoms with Crippen LogP contribution in [0, 0.1) is 18.8 Å². The van der Waals surface area contributed by atoms with Crippen molar-refractivity contribution in [3.05, 3.63) is 50.6 Å². The molecule has 0 saturated carbocycles. The number of aryl methyl sites for hydroxylation is 2. The first-order chi connectivity index (χ1) is 12.6. The van der Waals surface area contributed by atoms with Crippen molar-refractivity contribution in [1.82, 2.24) is 4.90 Å². The van der Waals surface area contributed by atoms with Gasteiger partial charge in [0.2, 0.25) is 0 Å². The average Bonchev–Trinajstić information content (AvgIpc) is 3.01. The Morgan fingerprint density at radius 2 is 1.92 bits per heavy atom. The van der Waals surface area contributed by atoms with E-state index in [-0.39, 0.29) is 6.04 Å². The number of thiophene rings is 1. The van der Waals surface area contributed by atoms with Gasteiger partial charge in [0, 0.05) is 42.5 Å². The van der Waals surface area contributed by atoms with Gasteiger partial charge in [0.05, 0.1) is 12.8 Å². The maximum atomic E-state index is 11.4. The lowest BCUT2D eigenvalue weighted by Gasteiger charge is -2.36. The molecule has 5 nitrogen and oxygen atoms in total. The van der Waals surface area contributed by atoms with E-state index in [1.54, 1.807) is 18.4 Å². The Labute approximate surface area is 159 Å². The van der Waals surface area contributed by atoms with Gasteiger partial charge in [-0.15, -0.1) is 11.3 Å². The zero-order chi connectivity index (χ0) is 18.5. The average molecular weight is 374 g/mol. The zero-order valence-corrected chi connectivity index (χ0v) is 16.6. The number of piperazine rings is 1. The summed E-state index contributed by atoms with van der Waals surface area (Å²) < 4.78 is 5.48. The summed E-state index contributed by atoms with van der Waals surface area (Å²) in [4.78, 5) is 18.6. The Kier molecular flexibility index (Phi) is 6.27. The minimum atomic E-state index is -0.229. The van der Waals surface area contributed by atoms with Crippen LogP contribution in [0.25, 0.3) is 0 Å². The number of hydrogen-bond acceptors (Lipinski definition) is 6. The number of anilines is 1. The molecule has 0 bridgehead atoms. The molecule has 0 radical (unpaired) electrons. The Morgan fingerprint density at radius 3 is 2.54 bits per heavy atom. The third kappa shape index (κ3) is 4.24. The van der Waals surface area contributed by atoms with Crippen molar-refractivity contribution in [3.63, 3.8) is 0 Å². The summed E-state index contributed by atoms with van der Waals surface area (Å²) >= 11 is 1.74. The topological polar surface area (TPSA) is 45.1 Å². The molecule has 1 unspecified atom stereocenters. The molecule has 1 aliphatic rings. The molecule has 0 aliphatic carbocycles. The van der Waals surface area contributed by atoms with Gasteiger partial charge in [0.15, 0.2) is 0 Å². The Morgan fingerprint density at radius 1 is 1.19 bits per heavy atom. The summed E-state index contributed by atoms with van der Waals surface area (Å²) in [5.74, 6) is 0.925. The van der Waals surface area contributed by atoms with Gasteiger partial charge in [-0.2, -0.15) is 4.91 Å². The first-order valence-electron chi connectivity index (χ1n) is 9.12. The number of hydrogen-bond donors (Lipinski definition) is 0. The van der Waals surface area contributed by atoms with Crippen LogP contribution in [0.1, 0.15) is 27.8 Å². The number of methoxy groups -OCH3 is 1. The Bertz CT molecular complexity index is 738. The molecule has 2 aromatic rings. The second-order valence-corrected chi connectivity index (χ2v) is 8.24. The Hall–Kier alpha value is -1.92. The lowest BCUT2D eigenvalue weighted by atomic mass is 10.0. The maximum absolute atomic E-state index is 11.4. The molecule has 1 saturated heterocycles. The number of para-hydroxylation sites is 2. The summed E-state index contributed by atoms with van der Waals surface area (Å²) in [6.45, 7) is 8.99. The van der Waals surface area contributed by atoms with E-state index in [2.05, 4.69) is 47.0 Å². The van der Waals surface area contributed by atoms with E-state index < -0.39 is 0 Å². The smallest absolute Gasteiger partial charge is 0.142 e. The first-order valence-corrected chi connectivity index (χ1v) is 9.93. The highest BCUT2D eigenvalue weighted by molar-refractivity contribution is 7.12. The maximum Gasteiger partial charge on any atom is 0.142 e. The van der Waals surface area contributed by atoms with E-state index in [1.807, 2.05) is 12.1 Å². The zero-order valence-electron chi connectivity index (χ0n) is 15.8. The van der Waals surface area contributed by atoms with Gasteiger partial charge < -0.3 is 9.64 Å². The van der Waals surface area contributed by atoms with Crippen LogP contribution in [0.2, 0.25) is 0 Å². The molecule has 140 valence electrons. The SMILES string of the molecule is COc1ccccc1N1CCN(CCC(N=O)c2cc(C)sc2C)CC1. The van der Waals surface area contributed by atoms with Crippen LogP contribution < -0.4 is 9.64 Å². The first kappa shape index (κ1) is 18.9. The summed E-state index contributed by atoms with van der Waals surface area (Å²) in [5, 5.41) is 3.41. The van der Waals surface area contributed by atoms with E-state index in [0.29, 0.717) is 0 Å². The number of nitroso groups, excluding NO2 is 1. The quantitative estimate of drug-likeness (QED) is 0.675. The third-order valence-electron chi connectivity index (χ3n) is 5.08. The summed E-state index contributed by atoms with van der Waals surface area (Å²) in [7, 11) is 1.72. The van der Waals surface area contributed by atoms with Crippen LogP contribution in [-0.4, -0.2) is 44.7 Å². The van der Waals surface area contributed by atoms with Crippen LogP contribution in [0.5, 0.6) is 5.75 Å². The molecule has 6 heteroatoms. The fourth-order valence-corrected chi connectivity index (χ4v) is 4.64. The molecule has 1 aliphatic heterocycles. The monoisotopic (exact) mass is 373 g/mol. The molecule has 1 aromatic heterocycles. The van der Waals surface area contributed by atoms with E-state index in [9.17, 15) is 4.91 Å². The van der Waals surface area contributed by atoms with E-state index in [4.69, 9.17) is 4.74 Å². The molecular formula is C20H27N3O2S. The van der Waals surface area contributed by atoms with Gasteiger partial charge >= 0.3 is 0 Å². The summed E-state index contributed by atoms with van der Waals surface area (Å²) in [6, 6.07) is 10.1. The van der Waals surface area contributed by atoms with Crippen molar-refractivity contribution >= 4 is 17.0 Å². The van der Waals surface area contributed by atoms with Crippen LogP contribution in [0.4, 0.5) is 5.69 Å².